The van der Waals surface area contributed by atoms with Crippen LogP contribution in [0.3, 0.4) is 0 Å². The highest BCUT2D eigenvalue weighted by Gasteiger charge is 2.11. The fraction of sp³-hybridized carbons (Fsp3) is 0.0606. The fourth-order valence-electron chi connectivity index (χ4n) is 4.79. The SMILES string of the molecule is Cc1cccc(C)c1-c1ccc(-c2cc3nc(-c4cccc(-c5ccccc5)c4)ccc3o2)cc1. The number of aryl methyl sites for hydroxylation is 2. The Kier molecular flexibility index (Phi) is 5.27. The summed E-state index contributed by atoms with van der Waals surface area (Å²) >= 11 is 0. The molecule has 0 aliphatic heterocycles. The van der Waals surface area contributed by atoms with Gasteiger partial charge in [0.25, 0.3) is 0 Å². The molecule has 2 heterocycles. The molecule has 168 valence electrons. The quantitative estimate of drug-likeness (QED) is 0.267. The van der Waals surface area contributed by atoms with Crippen LogP contribution in [0.4, 0.5) is 0 Å². The topological polar surface area (TPSA) is 26.0 Å². The van der Waals surface area contributed by atoms with Gasteiger partial charge in [-0.05, 0) is 65.4 Å². The van der Waals surface area contributed by atoms with E-state index >= 15 is 0 Å². The Labute approximate surface area is 205 Å². The number of hydrogen-bond acceptors (Lipinski definition) is 2. The van der Waals surface area contributed by atoms with Crippen molar-refractivity contribution in [1.82, 2.24) is 4.98 Å². The van der Waals surface area contributed by atoms with Gasteiger partial charge < -0.3 is 4.42 Å². The van der Waals surface area contributed by atoms with Crippen LogP contribution < -0.4 is 0 Å². The van der Waals surface area contributed by atoms with Crippen molar-refractivity contribution in [2.24, 2.45) is 0 Å². The van der Waals surface area contributed by atoms with E-state index in [-0.39, 0.29) is 0 Å². The molecule has 0 saturated carbocycles. The average Bonchev–Trinajstić information content (AvgIpc) is 3.33. The van der Waals surface area contributed by atoms with Crippen LogP contribution in [0, 0.1) is 13.8 Å². The first-order valence-electron chi connectivity index (χ1n) is 11.9. The largest absolute Gasteiger partial charge is 0.454 e. The van der Waals surface area contributed by atoms with Crippen molar-refractivity contribution in [3.8, 4) is 44.8 Å². The molecule has 2 heteroatoms. The lowest BCUT2D eigenvalue weighted by Crippen LogP contribution is -1.87. The fourth-order valence-corrected chi connectivity index (χ4v) is 4.79. The molecule has 0 fully saturated rings. The van der Waals surface area contributed by atoms with E-state index in [0.29, 0.717) is 0 Å². The Morgan fingerprint density at radius 3 is 1.94 bits per heavy atom. The Bertz CT molecular complexity index is 1620. The number of fused-ring (bicyclic) bond motifs is 1. The third-order valence-electron chi connectivity index (χ3n) is 6.58. The number of aromatic nitrogens is 1. The molecule has 0 radical (unpaired) electrons. The molecule has 0 amide bonds. The molecular formula is C33H25NO. The Morgan fingerprint density at radius 1 is 0.514 bits per heavy atom. The van der Waals surface area contributed by atoms with E-state index in [1.807, 2.05) is 24.3 Å². The molecule has 6 aromatic rings. The van der Waals surface area contributed by atoms with Crippen molar-refractivity contribution in [2.75, 3.05) is 0 Å². The second-order valence-electron chi connectivity index (χ2n) is 8.98. The lowest BCUT2D eigenvalue weighted by molar-refractivity contribution is 0.631. The number of furan rings is 1. The minimum Gasteiger partial charge on any atom is -0.454 e. The van der Waals surface area contributed by atoms with Crippen LogP contribution in [0.1, 0.15) is 11.1 Å². The van der Waals surface area contributed by atoms with Crippen LogP contribution in [0.5, 0.6) is 0 Å². The molecule has 0 atom stereocenters. The lowest BCUT2D eigenvalue weighted by Gasteiger charge is -2.10. The van der Waals surface area contributed by atoms with Gasteiger partial charge in [-0.2, -0.15) is 0 Å². The van der Waals surface area contributed by atoms with Gasteiger partial charge in [0.15, 0.2) is 5.58 Å². The molecule has 35 heavy (non-hydrogen) atoms. The maximum Gasteiger partial charge on any atom is 0.153 e. The molecule has 0 spiro atoms. The summed E-state index contributed by atoms with van der Waals surface area (Å²) in [6.45, 7) is 4.32. The molecule has 0 N–H and O–H groups in total. The molecule has 0 aliphatic rings. The smallest absolute Gasteiger partial charge is 0.153 e. The summed E-state index contributed by atoms with van der Waals surface area (Å²) < 4.78 is 6.17. The van der Waals surface area contributed by atoms with Crippen molar-refractivity contribution < 1.29 is 4.42 Å². The molecule has 0 saturated heterocycles. The van der Waals surface area contributed by atoms with Gasteiger partial charge in [0.2, 0.25) is 0 Å². The first-order valence-corrected chi connectivity index (χ1v) is 11.9. The van der Waals surface area contributed by atoms with Gasteiger partial charge in [0, 0.05) is 17.2 Å². The monoisotopic (exact) mass is 451 g/mol. The van der Waals surface area contributed by atoms with Crippen LogP contribution in [-0.4, -0.2) is 4.98 Å². The number of benzene rings is 4. The predicted molar refractivity (Wildman–Crippen MR) is 145 cm³/mol. The zero-order chi connectivity index (χ0) is 23.8. The summed E-state index contributed by atoms with van der Waals surface area (Å²) in [5.74, 6) is 0.829. The molecule has 2 nitrogen and oxygen atoms in total. The number of hydrogen-bond donors (Lipinski definition) is 0. The van der Waals surface area contributed by atoms with Gasteiger partial charge in [0.05, 0.1) is 5.69 Å². The third kappa shape index (κ3) is 4.04. The second kappa shape index (κ2) is 8.73. The maximum atomic E-state index is 6.17. The second-order valence-corrected chi connectivity index (χ2v) is 8.98. The molecular weight excluding hydrogens is 426 g/mol. The predicted octanol–water partition coefficient (Wildman–Crippen LogP) is 9.11. The van der Waals surface area contributed by atoms with Gasteiger partial charge in [-0.3, -0.25) is 0 Å². The summed E-state index contributed by atoms with van der Waals surface area (Å²) in [7, 11) is 0. The molecule has 0 bridgehead atoms. The van der Waals surface area contributed by atoms with Crippen molar-refractivity contribution in [1.29, 1.82) is 0 Å². The molecule has 4 aromatic carbocycles. The minimum absolute atomic E-state index is 0.793. The minimum atomic E-state index is 0.793. The van der Waals surface area contributed by atoms with Gasteiger partial charge in [-0.1, -0.05) is 91.0 Å². The lowest BCUT2D eigenvalue weighted by atomic mass is 9.95. The van der Waals surface area contributed by atoms with Gasteiger partial charge >= 0.3 is 0 Å². The standard InChI is InChI=1S/C33H25NO/c1-22-8-6-9-23(2)33(22)26-16-14-25(15-17-26)32-21-30-31(35-32)19-18-29(34-30)28-13-7-12-27(20-28)24-10-4-3-5-11-24/h3-21H,1-2H3. The van der Waals surface area contributed by atoms with E-state index in [2.05, 4.69) is 105 Å². The van der Waals surface area contributed by atoms with Crippen LogP contribution >= 0.6 is 0 Å². The Hall–Kier alpha value is -4.43. The van der Waals surface area contributed by atoms with Gasteiger partial charge in [0.1, 0.15) is 11.3 Å². The zero-order valence-electron chi connectivity index (χ0n) is 19.8. The summed E-state index contributed by atoms with van der Waals surface area (Å²) in [5.41, 5.74) is 12.2. The normalized spacial score (nSPS) is 11.1. The highest BCUT2D eigenvalue weighted by Crippen LogP contribution is 2.33. The highest BCUT2D eigenvalue weighted by molar-refractivity contribution is 5.83. The first-order chi connectivity index (χ1) is 17.2. The van der Waals surface area contributed by atoms with E-state index in [1.165, 1.54) is 33.4 Å². The van der Waals surface area contributed by atoms with E-state index in [0.717, 1.165) is 33.7 Å². The first kappa shape index (κ1) is 21.1. The van der Waals surface area contributed by atoms with Crippen LogP contribution in [-0.2, 0) is 0 Å². The van der Waals surface area contributed by atoms with Crippen molar-refractivity contribution in [3.05, 3.63) is 126 Å². The molecule has 0 unspecified atom stereocenters. The summed E-state index contributed by atoms with van der Waals surface area (Å²) in [4.78, 5) is 4.92. The molecule has 6 rings (SSSR count). The van der Waals surface area contributed by atoms with Gasteiger partial charge in [-0.25, -0.2) is 4.98 Å². The zero-order valence-corrected chi connectivity index (χ0v) is 19.8. The number of nitrogens with zero attached hydrogens (tertiary/aromatic N) is 1. The Morgan fingerprint density at radius 2 is 1.17 bits per heavy atom. The van der Waals surface area contributed by atoms with Crippen molar-refractivity contribution in [2.45, 2.75) is 13.8 Å². The molecule has 0 aliphatic carbocycles. The summed E-state index contributed by atoms with van der Waals surface area (Å²) in [6, 6.07) is 40.1. The Balaban J connectivity index is 1.33. The van der Waals surface area contributed by atoms with Gasteiger partial charge in [-0.15, -0.1) is 0 Å². The number of pyridine rings is 1. The maximum absolute atomic E-state index is 6.17. The number of rotatable bonds is 4. The van der Waals surface area contributed by atoms with Crippen LogP contribution in [0.25, 0.3) is 55.9 Å². The van der Waals surface area contributed by atoms with E-state index in [1.54, 1.807) is 0 Å². The van der Waals surface area contributed by atoms with E-state index in [4.69, 9.17) is 9.40 Å². The third-order valence-corrected chi connectivity index (χ3v) is 6.58. The van der Waals surface area contributed by atoms with Crippen LogP contribution in [0.2, 0.25) is 0 Å². The summed E-state index contributed by atoms with van der Waals surface area (Å²) in [6.07, 6.45) is 0. The summed E-state index contributed by atoms with van der Waals surface area (Å²) in [5, 5.41) is 0. The van der Waals surface area contributed by atoms with Crippen molar-refractivity contribution in [3.63, 3.8) is 0 Å². The van der Waals surface area contributed by atoms with E-state index in [9.17, 15) is 0 Å². The van der Waals surface area contributed by atoms with Crippen molar-refractivity contribution >= 4 is 11.1 Å². The van der Waals surface area contributed by atoms with Crippen LogP contribution in [0.15, 0.2) is 120 Å². The average molecular weight is 452 g/mol. The van der Waals surface area contributed by atoms with E-state index < -0.39 is 0 Å². The molecule has 2 aromatic heterocycles. The highest BCUT2D eigenvalue weighted by atomic mass is 16.3.